The molecule has 0 bridgehead atoms. The van der Waals surface area contributed by atoms with Crippen molar-refractivity contribution in [2.75, 3.05) is 33.4 Å². The number of thioether (sulfide) groups is 1. The van der Waals surface area contributed by atoms with Crippen molar-refractivity contribution in [2.24, 2.45) is 0 Å². The second kappa shape index (κ2) is 9.65. The first kappa shape index (κ1) is 19.6. The van der Waals surface area contributed by atoms with Crippen molar-refractivity contribution >= 4 is 34.9 Å². The lowest BCUT2D eigenvalue weighted by Crippen LogP contribution is -2.40. The minimum absolute atomic E-state index is 0.171. The van der Waals surface area contributed by atoms with Gasteiger partial charge < -0.3 is 14.8 Å². The van der Waals surface area contributed by atoms with Gasteiger partial charge in [-0.05, 0) is 35.5 Å². The van der Waals surface area contributed by atoms with Crippen molar-refractivity contribution in [3.8, 4) is 18.1 Å². The summed E-state index contributed by atoms with van der Waals surface area (Å²) in [4.78, 5) is 37.3. The van der Waals surface area contributed by atoms with Crippen molar-refractivity contribution in [1.82, 2.24) is 10.2 Å². The molecule has 0 unspecified atom stereocenters. The third kappa shape index (κ3) is 5.37. The normalized spacial score (nSPS) is 15.2. The van der Waals surface area contributed by atoms with E-state index in [1.807, 2.05) is 0 Å². The van der Waals surface area contributed by atoms with Gasteiger partial charge in [0.05, 0.1) is 11.5 Å². The van der Waals surface area contributed by atoms with Crippen LogP contribution in [0, 0.1) is 12.3 Å². The number of carbonyl (C=O) groups excluding carboxylic acids is 3. The number of benzene rings is 1. The van der Waals surface area contributed by atoms with Crippen LogP contribution in [0.2, 0.25) is 0 Å². The first-order chi connectivity index (χ1) is 12.5. The fraction of sp³-hybridized carbons (Fsp3) is 0.278. The zero-order valence-corrected chi connectivity index (χ0v) is 15.0. The van der Waals surface area contributed by atoms with E-state index >= 15 is 0 Å². The van der Waals surface area contributed by atoms with Crippen LogP contribution in [-0.4, -0.2) is 55.4 Å². The van der Waals surface area contributed by atoms with Crippen LogP contribution in [0.4, 0.5) is 4.79 Å². The molecule has 1 N–H and O–H groups in total. The zero-order chi connectivity index (χ0) is 18.9. The lowest BCUT2D eigenvalue weighted by molar-refractivity contribution is -0.129. The molecule has 0 saturated carbocycles. The van der Waals surface area contributed by atoms with Gasteiger partial charge in [-0.15, -0.1) is 6.42 Å². The highest BCUT2D eigenvalue weighted by molar-refractivity contribution is 8.18. The fourth-order valence-electron chi connectivity index (χ4n) is 2.06. The van der Waals surface area contributed by atoms with Gasteiger partial charge in [0.1, 0.15) is 18.9 Å². The standard InChI is InChI=1S/C18H18N2O5S/c1-3-9-25-14-6-4-13(5-7-14)11-15-17(22)20(18(23)26-15)12-16(21)19-8-10-24-2/h1,4-7,11H,8-10,12H2,2H3,(H,19,21)/b15-11-. The number of rotatable bonds is 8. The van der Waals surface area contributed by atoms with E-state index in [0.717, 1.165) is 22.2 Å². The molecule has 0 radical (unpaired) electrons. The van der Waals surface area contributed by atoms with Crippen LogP contribution in [0.1, 0.15) is 5.56 Å². The molecule has 136 valence electrons. The van der Waals surface area contributed by atoms with E-state index in [1.165, 1.54) is 7.11 Å². The summed E-state index contributed by atoms with van der Waals surface area (Å²) in [5.74, 6) is 2.08. The van der Waals surface area contributed by atoms with Gasteiger partial charge >= 0.3 is 0 Å². The van der Waals surface area contributed by atoms with Gasteiger partial charge in [0.2, 0.25) is 5.91 Å². The molecule has 26 heavy (non-hydrogen) atoms. The molecule has 1 aromatic carbocycles. The maximum atomic E-state index is 12.4. The Morgan fingerprint density at radius 2 is 2.08 bits per heavy atom. The molecule has 0 atom stereocenters. The lowest BCUT2D eigenvalue weighted by Gasteiger charge is -2.12. The Balaban J connectivity index is 1.99. The summed E-state index contributed by atoms with van der Waals surface area (Å²) in [5.41, 5.74) is 0.730. The third-order valence-electron chi connectivity index (χ3n) is 3.30. The number of nitrogens with one attached hydrogen (secondary N) is 1. The zero-order valence-electron chi connectivity index (χ0n) is 14.2. The number of methoxy groups -OCH3 is 1. The number of hydrogen-bond donors (Lipinski definition) is 1. The largest absolute Gasteiger partial charge is 0.481 e. The highest BCUT2D eigenvalue weighted by atomic mass is 32.2. The van der Waals surface area contributed by atoms with Crippen molar-refractivity contribution in [3.05, 3.63) is 34.7 Å². The molecule has 1 heterocycles. The predicted molar refractivity (Wildman–Crippen MR) is 98.3 cm³/mol. The van der Waals surface area contributed by atoms with Crippen LogP contribution in [0.3, 0.4) is 0 Å². The van der Waals surface area contributed by atoms with E-state index in [9.17, 15) is 14.4 Å². The van der Waals surface area contributed by atoms with Crippen LogP contribution in [0.25, 0.3) is 6.08 Å². The summed E-state index contributed by atoms with van der Waals surface area (Å²) >= 11 is 0.801. The fourth-order valence-corrected chi connectivity index (χ4v) is 2.90. The molecule has 8 heteroatoms. The summed E-state index contributed by atoms with van der Waals surface area (Å²) < 4.78 is 10.1. The monoisotopic (exact) mass is 374 g/mol. The Labute approximate surface area is 155 Å². The SMILES string of the molecule is C#CCOc1ccc(/C=C2\SC(=O)N(CC(=O)NCCOC)C2=O)cc1. The summed E-state index contributed by atoms with van der Waals surface area (Å²) in [5, 5.41) is 2.10. The Hall–Kier alpha value is -2.76. The molecule has 1 aromatic rings. The molecule has 1 aliphatic rings. The number of terminal acetylenes is 1. The van der Waals surface area contributed by atoms with Crippen molar-refractivity contribution in [1.29, 1.82) is 0 Å². The van der Waals surface area contributed by atoms with Crippen LogP contribution in [0.5, 0.6) is 5.75 Å². The smallest absolute Gasteiger partial charge is 0.294 e. The summed E-state index contributed by atoms with van der Waals surface area (Å²) in [6, 6.07) is 6.93. The Morgan fingerprint density at radius 1 is 1.35 bits per heavy atom. The highest BCUT2D eigenvalue weighted by Crippen LogP contribution is 2.32. The van der Waals surface area contributed by atoms with Gasteiger partial charge in [-0.3, -0.25) is 19.3 Å². The van der Waals surface area contributed by atoms with Gasteiger partial charge in [0.15, 0.2) is 0 Å². The molecular formula is C18H18N2O5S. The van der Waals surface area contributed by atoms with Crippen LogP contribution in [-0.2, 0) is 14.3 Å². The van der Waals surface area contributed by atoms with Crippen molar-refractivity contribution in [2.45, 2.75) is 0 Å². The van der Waals surface area contributed by atoms with E-state index in [0.29, 0.717) is 18.9 Å². The van der Waals surface area contributed by atoms with Crippen molar-refractivity contribution in [3.63, 3.8) is 0 Å². The number of hydrogen-bond acceptors (Lipinski definition) is 6. The molecule has 3 amide bonds. The van der Waals surface area contributed by atoms with Gasteiger partial charge in [0.25, 0.3) is 11.1 Å². The van der Waals surface area contributed by atoms with E-state index in [4.69, 9.17) is 15.9 Å². The second-order valence-electron chi connectivity index (χ2n) is 5.17. The number of carbonyl (C=O) groups is 3. The van der Waals surface area contributed by atoms with Gasteiger partial charge in [-0.2, -0.15) is 0 Å². The number of ether oxygens (including phenoxy) is 2. The molecule has 0 spiro atoms. The van der Waals surface area contributed by atoms with Gasteiger partial charge in [-0.1, -0.05) is 18.1 Å². The molecule has 1 saturated heterocycles. The molecule has 2 rings (SSSR count). The molecule has 7 nitrogen and oxygen atoms in total. The van der Waals surface area contributed by atoms with Crippen molar-refractivity contribution < 1.29 is 23.9 Å². The van der Waals surface area contributed by atoms with E-state index < -0.39 is 17.1 Å². The lowest BCUT2D eigenvalue weighted by atomic mass is 10.2. The first-order valence-electron chi connectivity index (χ1n) is 7.72. The number of imide groups is 1. The van der Waals surface area contributed by atoms with Crippen LogP contribution in [0.15, 0.2) is 29.2 Å². The average molecular weight is 374 g/mol. The maximum absolute atomic E-state index is 12.4. The predicted octanol–water partition coefficient (Wildman–Crippen LogP) is 1.50. The molecule has 1 aliphatic heterocycles. The topological polar surface area (TPSA) is 84.9 Å². The van der Waals surface area contributed by atoms with Gasteiger partial charge in [0, 0.05) is 13.7 Å². The minimum Gasteiger partial charge on any atom is -0.481 e. The minimum atomic E-state index is -0.491. The van der Waals surface area contributed by atoms with E-state index in [-0.39, 0.29) is 18.1 Å². The van der Waals surface area contributed by atoms with Crippen LogP contribution < -0.4 is 10.1 Å². The molecular weight excluding hydrogens is 356 g/mol. The molecule has 1 fully saturated rings. The molecule has 0 aromatic heterocycles. The number of nitrogens with zero attached hydrogens (tertiary/aromatic N) is 1. The summed E-state index contributed by atoms with van der Waals surface area (Å²) in [6.07, 6.45) is 6.72. The Morgan fingerprint density at radius 3 is 2.73 bits per heavy atom. The average Bonchev–Trinajstić information content (AvgIpc) is 2.89. The number of amides is 3. The summed E-state index contributed by atoms with van der Waals surface area (Å²) in [6.45, 7) is 0.527. The van der Waals surface area contributed by atoms with Crippen LogP contribution >= 0.6 is 11.8 Å². The quantitative estimate of drug-likeness (QED) is 0.422. The van der Waals surface area contributed by atoms with E-state index in [1.54, 1.807) is 30.3 Å². The Kier molecular flexibility index (Phi) is 7.26. The third-order valence-corrected chi connectivity index (χ3v) is 4.21. The molecule has 0 aliphatic carbocycles. The van der Waals surface area contributed by atoms with E-state index in [2.05, 4.69) is 11.2 Å². The highest BCUT2D eigenvalue weighted by Gasteiger charge is 2.36. The Bertz CT molecular complexity index is 752. The maximum Gasteiger partial charge on any atom is 0.294 e. The first-order valence-corrected chi connectivity index (χ1v) is 8.54. The second-order valence-corrected chi connectivity index (χ2v) is 6.17. The summed E-state index contributed by atoms with van der Waals surface area (Å²) in [7, 11) is 1.52. The van der Waals surface area contributed by atoms with Gasteiger partial charge in [-0.25, -0.2) is 0 Å².